The molecule has 0 heterocycles. The normalized spacial score (nSPS) is 14.0. The van der Waals surface area contributed by atoms with Crippen LogP contribution in [-0.2, 0) is 16.5 Å². The first kappa shape index (κ1) is 34.7. The number of hydrogen-bond donors (Lipinski definition) is 0. The van der Waals surface area contributed by atoms with Gasteiger partial charge in [-0.1, -0.05) is 181 Å². The molecule has 0 aliphatic heterocycles. The minimum atomic E-state index is -0.490. The van der Waals surface area contributed by atoms with Crippen molar-refractivity contribution in [1.82, 2.24) is 0 Å². The summed E-state index contributed by atoms with van der Waals surface area (Å²) in [5, 5.41) is 26.7. The van der Waals surface area contributed by atoms with Crippen LogP contribution in [0.5, 0.6) is 0 Å². The third-order valence-corrected chi connectivity index (χ3v) is 8.76. The van der Waals surface area contributed by atoms with Gasteiger partial charge in [-0.05, 0) is 12.1 Å². The van der Waals surface area contributed by atoms with Crippen LogP contribution in [-0.4, -0.2) is 21.8 Å². The van der Waals surface area contributed by atoms with E-state index in [9.17, 15) is 9.59 Å². The first-order valence-corrected chi connectivity index (χ1v) is 16.3. The van der Waals surface area contributed by atoms with E-state index in [2.05, 4.69) is 0 Å². The van der Waals surface area contributed by atoms with Gasteiger partial charge in [0.15, 0.2) is 11.6 Å². The molecule has 8 rings (SSSR count). The Morgan fingerprint density at radius 1 is 0.373 bits per heavy atom. The summed E-state index contributed by atoms with van der Waals surface area (Å²) < 4.78 is 0. The summed E-state index contributed by atoms with van der Waals surface area (Å²) in [6.45, 7) is 0. The van der Waals surface area contributed by atoms with Crippen molar-refractivity contribution in [3.63, 3.8) is 0 Å². The SMILES string of the molecule is O=C1C(C([N-]c2ccccc2)c2ccccc2)=C([OH2+])c2ccccc21.O=C1C(C([N-]c2ccccc2)c2ccccc2)=C([OH2+])c2ccccc21.[Ni+2]. The molecule has 0 amide bonds. The molecule has 252 valence electrons. The summed E-state index contributed by atoms with van der Waals surface area (Å²) in [5.74, 6) is 0.339. The second-order valence-corrected chi connectivity index (χ2v) is 11.9. The smallest absolute Gasteiger partial charge is 0.674 e. The van der Waals surface area contributed by atoms with E-state index in [1.807, 2.05) is 158 Å². The molecule has 4 N–H and O–H groups in total. The van der Waals surface area contributed by atoms with Crippen molar-refractivity contribution in [2.75, 3.05) is 0 Å². The third-order valence-electron chi connectivity index (χ3n) is 8.76. The molecule has 0 saturated carbocycles. The van der Waals surface area contributed by atoms with Gasteiger partial charge < -0.3 is 20.8 Å². The molecular formula is C44H34N2NiO4+2. The van der Waals surface area contributed by atoms with Gasteiger partial charge in [-0.2, -0.15) is 0 Å². The second-order valence-electron chi connectivity index (χ2n) is 11.9. The zero-order valence-corrected chi connectivity index (χ0v) is 28.3. The molecular weight excluding hydrogens is 679 g/mol. The van der Waals surface area contributed by atoms with Crippen LogP contribution < -0.4 is 0 Å². The molecule has 6 aromatic carbocycles. The maximum atomic E-state index is 13.0. The van der Waals surface area contributed by atoms with Gasteiger partial charge >= 0.3 is 16.5 Å². The molecule has 0 spiro atoms. The molecule has 7 heteroatoms. The molecule has 0 radical (unpaired) electrons. The predicted molar refractivity (Wildman–Crippen MR) is 200 cm³/mol. The Morgan fingerprint density at radius 2 is 0.647 bits per heavy atom. The zero-order chi connectivity index (χ0) is 34.5. The monoisotopic (exact) mass is 712 g/mol. The summed E-state index contributed by atoms with van der Waals surface area (Å²) >= 11 is 0. The Balaban J connectivity index is 0.000000172. The van der Waals surface area contributed by atoms with Crippen molar-refractivity contribution < 1.29 is 36.3 Å². The van der Waals surface area contributed by atoms with Crippen molar-refractivity contribution in [3.8, 4) is 0 Å². The van der Waals surface area contributed by atoms with Crippen LogP contribution >= 0.6 is 0 Å². The van der Waals surface area contributed by atoms with Crippen LogP contribution in [0.3, 0.4) is 0 Å². The fourth-order valence-corrected chi connectivity index (χ4v) is 6.34. The van der Waals surface area contributed by atoms with Gasteiger partial charge in [0.25, 0.3) is 11.5 Å². The Bertz CT molecular complexity index is 2060. The summed E-state index contributed by atoms with van der Waals surface area (Å²) in [5.41, 5.74) is 6.84. The number of hydrogen-bond acceptors (Lipinski definition) is 2. The van der Waals surface area contributed by atoms with Crippen LogP contribution in [0.2, 0.25) is 0 Å². The van der Waals surface area contributed by atoms with Gasteiger partial charge in [-0.25, -0.2) is 0 Å². The number of benzene rings is 6. The maximum absolute atomic E-state index is 13.0. The fraction of sp³-hybridized carbons (Fsp3) is 0.0455. The number of rotatable bonds is 8. The molecule has 6 nitrogen and oxygen atoms in total. The summed E-state index contributed by atoms with van der Waals surface area (Å²) in [6, 6.07) is 52.2. The molecule has 0 bridgehead atoms. The standard InChI is InChI=1S/2C22H16NO2.Ni/c2*24-21-17-13-7-8-14-18(17)22(25)19(21)20(15-9-3-1-4-10-15)23-16-11-5-2-6-12-16;/h2*1-14,20H,(H,24,25);/q2*-1;+2/p+2. The number of nitrogens with zero attached hydrogens (tertiary/aromatic N) is 2. The number of fused-ring (bicyclic) bond motifs is 2. The van der Waals surface area contributed by atoms with E-state index in [1.165, 1.54) is 0 Å². The molecule has 0 aromatic heterocycles. The predicted octanol–water partition coefficient (Wildman–Crippen LogP) is 9.53. The molecule has 51 heavy (non-hydrogen) atoms. The summed E-state index contributed by atoms with van der Waals surface area (Å²) in [6.07, 6.45) is 0. The number of carbonyl (C=O) groups is 2. The average Bonchev–Trinajstić information content (AvgIpc) is 3.58. The Hall–Kier alpha value is -6.17. The van der Waals surface area contributed by atoms with Crippen molar-refractivity contribution in [2.24, 2.45) is 0 Å². The van der Waals surface area contributed by atoms with Crippen LogP contribution in [0, 0.1) is 0 Å². The molecule has 2 unspecified atom stereocenters. The zero-order valence-electron chi connectivity index (χ0n) is 27.3. The van der Waals surface area contributed by atoms with Crippen LogP contribution in [0.1, 0.15) is 55.1 Å². The molecule has 2 atom stereocenters. The van der Waals surface area contributed by atoms with Crippen LogP contribution in [0.25, 0.3) is 22.2 Å². The maximum Gasteiger partial charge on any atom is 2.00 e. The van der Waals surface area contributed by atoms with E-state index in [4.69, 9.17) is 20.8 Å². The second kappa shape index (κ2) is 15.6. The van der Waals surface area contributed by atoms with Gasteiger partial charge in [-0.3, -0.25) is 9.59 Å². The van der Waals surface area contributed by atoms with E-state index in [1.54, 1.807) is 12.1 Å². The largest absolute Gasteiger partial charge is 2.00 e. The van der Waals surface area contributed by atoms with Crippen molar-refractivity contribution in [3.05, 3.63) is 225 Å². The van der Waals surface area contributed by atoms with E-state index in [-0.39, 0.29) is 39.6 Å². The van der Waals surface area contributed by atoms with Gasteiger partial charge in [0.1, 0.15) is 0 Å². The van der Waals surface area contributed by atoms with E-state index < -0.39 is 12.1 Å². The Labute approximate surface area is 306 Å². The Kier molecular flexibility index (Phi) is 10.6. The number of Topliss-reactive ketones (excluding diaryl/α,β-unsaturated/α-hetero) is 2. The quantitative estimate of drug-likeness (QED) is 0.116. The minimum Gasteiger partial charge on any atom is -0.674 e. The average molecular weight is 713 g/mol. The van der Waals surface area contributed by atoms with Gasteiger partial charge in [0.2, 0.25) is 0 Å². The van der Waals surface area contributed by atoms with Gasteiger partial charge in [0, 0.05) is 11.1 Å². The van der Waals surface area contributed by atoms with E-state index >= 15 is 0 Å². The van der Waals surface area contributed by atoms with E-state index in [0.717, 1.165) is 22.5 Å². The molecule has 6 aromatic rings. The fourth-order valence-electron chi connectivity index (χ4n) is 6.34. The van der Waals surface area contributed by atoms with Crippen molar-refractivity contribution in [2.45, 2.75) is 12.1 Å². The summed E-state index contributed by atoms with van der Waals surface area (Å²) in [7, 11) is 0. The topological polar surface area (TPSA) is 108 Å². The minimum absolute atomic E-state index is 0. The molecule has 2 aliphatic rings. The summed E-state index contributed by atoms with van der Waals surface area (Å²) in [4.78, 5) is 25.9. The van der Waals surface area contributed by atoms with Crippen LogP contribution in [0.4, 0.5) is 11.4 Å². The van der Waals surface area contributed by atoms with Crippen molar-refractivity contribution >= 4 is 34.5 Å². The van der Waals surface area contributed by atoms with Gasteiger partial charge in [0.05, 0.1) is 22.3 Å². The number of para-hydroxylation sites is 2. The first-order chi connectivity index (χ1) is 24.5. The van der Waals surface area contributed by atoms with E-state index in [0.29, 0.717) is 33.4 Å². The Morgan fingerprint density at radius 3 is 0.961 bits per heavy atom. The van der Waals surface area contributed by atoms with Crippen LogP contribution in [0.15, 0.2) is 181 Å². The molecule has 0 saturated heterocycles. The van der Waals surface area contributed by atoms with Gasteiger partial charge in [-0.15, -0.1) is 11.4 Å². The number of carbonyl (C=O) groups excluding carboxylic acids is 2. The molecule has 2 aliphatic carbocycles. The van der Waals surface area contributed by atoms with Crippen molar-refractivity contribution in [1.29, 1.82) is 0 Å². The third kappa shape index (κ3) is 7.12. The number of ketones is 2. The first-order valence-electron chi connectivity index (χ1n) is 16.3. The molecule has 0 fully saturated rings.